The molecule has 0 bridgehead atoms. The van der Waals surface area contributed by atoms with Crippen LogP contribution in [0, 0.1) is 0 Å². The van der Waals surface area contributed by atoms with Crippen molar-refractivity contribution in [2.24, 2.45) is 0 Å². The van der Waals surface area contributed by atoms with Crippen LogP contribution in [0.3, 0.4) is 0 Å². The van der Waals surface area contributed by atoms with E-state index < -0.39 is 0 Å². The first-order valence-electron chi connectivity index (χ1n) is 5.10. The van der Waals surface area contributed by atoms with Gasteiger partial charge in [0.05, 0.1) is 17.4 Å². The monoisotopic (exact) mass is 269 g/mol. The zero-order valence-corrected chi connectivity index (χ0v) is 11.1. The van der Waals surface area contributed by atoms with Gasteiger partial charge in [0.2, 0.25) is 0 Å². The number of nitrogens with zero attached hydrogens (tertiary/aromatic N) is 4. The van der Waals surface area contributed by atoms with Crippen molar-refractivity contribution in [2.45, 2.75) is 12.1 Å². The molecule has 2 aromatic rings. The fraction of sp³-hybridized carbons (Fsp3) is 0.300. The Morgan fingerprint density at radius 3 is 2.88 bits per heavy atom. The molecule has 2 heterocycles. The van der Waals surface area contributed by atoms with E-state index in [9.17, 15) is 0 Å². The van der Waals surface area contributed by atoms with Crippen molar-refractivity contribution in [2.75, 3.05) is 18.1 Å². The van der Waals surface area contributed by atoms with Crippen LogP contribution in [0.2, 0.25) is 5.02 Å². The van der Waals surface area contributed by atoms with E-state index in [1.807, 2.05) is 19.2 Å². The summed E-state index contributed by atoms with van der Waals surface area (Å²) in [6.07, 6.45) is 5.23. The van der Waals surface area contributed by atoms with Crippen molar-refractivity contribution in [3.63, 3.8) is 0 Å². The third-order valence-corrected chi connectivity index (χ3v) is 2.76. The quantitative estimate of drug-likeness (QED) is 0.683. The standard InChI is InChI=1S/C10H12ClN5S/c1-3-12-8-4-9(15-10(14-8)17-2)16-6-7(11)5-13-16/h4-6H,3H2,1-2H3,(H,12,14,15). The molecule has 0 aliphatic carbocycles. The van der Waals surface area contributed by atoms with Crippen molar-refractivity contribution in [1.29, 1.82) is 0 Å². The first-order valence-corrected chi connectivity index (χ1v) is 6.70. The van der Waals surface area contributed by atoms with Crippen LogP contribution in [0.5, 0.6) is 0 Å². The summed E-state index contributed by atoms with van der Waals surface area (Å²) in [4.78, 5) is 8.71. The first kappa shape index (κ1) is 12.2. The maximum atomic E-state index is 5.84. The van der Waals surface area contributed by atoms with Gasteiger partial charge in [-0.1, -0.05) is 23.4 Å². The van der Waals surface area contributed by atoms with E-state index in [2.05, 4.69) is 20.4 Å². The zero-order valence-electron chi connectivity index (χ0n) is 9.51. The van der Waals surface area contributed by atoms with Gasteiger partial charge in [-0.2, -0.15) is 5.10 Å². The second kappa shape index (κ2) is 5.37. The summed E-state index contributed by atoms with van der Waals surface area (Å²) >= 11 is 7.33. The average molecular weight is 270 g/mol. The molecule has 0 atom stereocenters. The van der Waals surface area contributed by atoms with Gasteiger partial charge in [0, 0.05) is 12.6 Å². The van der Waals surface area contributed by atoms with Crippen LogP contribution in [-0.2, 0) is 0 Å². The fourth-order valence-corrected chi connectivity index (χ4v) is 1.83. The topological polar surface area (TPSA) is 55.6 Å². The van der Waals surface area contributed by atoms with Gasteiger partial charge in [-0.3, -0.25) is 0 Å². The molecular weight excluding hydrogens is 258 g/mol. The lowest BCUT2D eigenvalue weighted by molar-refractivity contribution is 0.808. The minimum Gasteiger partial charge on any atom is -0.370 e. The van der Waals surface area contributed by atoms with Gasteiger partial charge in [-0.25, -0.2) is 14.6 Å². The number of anilines is 1. The Bertz CT molecular complexity index is 513. The maximum absolute atomic E-state index is 5.84. The Balaban J connectivity index is 2.42. The summed E-state index contributed by atoms with van der Waals surface area (Å²) in [5.74, 6) is 1.49. The molecule has 0 amide bonds. The number of hydrogen-bond acceptors (Lipinski definition) is 5. The van der Waals surface area contributed by atoms with Gasteiger partial charge in [-0.05, 0) is 13.2 Å². The second-order valence-corrected chi connectivity index (χ2v) is 4.44. The normalized spacial score (nSPS) is 10.5. The Morgan fingerprint density at radius 1 is 1.47 bits per heavy atom. The van der Waals surface area contributed by atoms with Crippen LogP contribution in [0.1, 0.15) is 6.92 Å². The average Bonchev–Trinajstić information content (AvgIpc) is 2.76. The van der Waals surface area contributed by atoms with Crippen LogP contribution in [-0.4, -0.2) is 32.5 Å². The van der Waals surface area contributed by atoms with E-state index in [1.165, 1.54) is 11.8 Å². The summed E-state index contributed by atoms with van der Waals surface area (Å²) < 4.78 is 1.63. The van der Waals surface area contributed by atoms with Crippen LogP contribution < -0.4 is 5.32 Å². The van der Waals surface area contributed by atoms with E-state index in [0.717, 1.165) is 12.4 Å². The molecular formula is C10H12ClN5S. The molecule has 0 saturated heterocycles. The molecule has 0 saturated carbocycles. The predicted molar refractivity (Wildman–Crippen MR) is 70.1 cm³/mol. The molecule has 1 N–H and O–H groups in total. The largest absolute Gasteiger partial charge is 0.370 e. The lowest BCUT2D eigenvalue weighted by Crippen LogP contribution is -2.05. The van der Waals surface area contributed by atoms with Gasteiger partial charge >= 0.3 is 0 Å². The Labute approximate surface area is 109 Å². The number of thioether (sulfide) groups is 1. The Hall–Kier alpha value is -1.27. The highest BCUT2D eigenvalue weighted by molar-refractivity contribution is 7.98. The van der Waals surface area contributed by atoms with Gasteiger partial charge in [0.25, 0.3) is 0 Å². The van der Waals surface area contributed by atoms with Crippen molar-refractivity contribution in [1.82, 2.24) is 19.7 Å². The highest BCUT2D eigenvalue weighted by atomic mass is 35.5. The minimum absolute atomic E-state index is 0.583. The van der Waals surface area contributed by atoms with Gasteiger partial charge in [0.15, 0.2) is 11.0 Å². The molecule has 17 heavy (non-hydrogen) atoms. The number of rotatable bonds is 4. The number of aromatic nitrogens is 4. The van der Waals surface area contributed by atoms with E-state index in [1.54, 1.807) is 17.1 Å². The van der Waals surface area contributed by atoms with E-state index in [4.69, 9.17) is 11.6 Å². The molecule has 0 fully saturated rings. The van der Waals surface area contributed by atoms with Gasteiger partial charge in [0.1, 0.15) is 5.82 Å². The fourth-order valence-electron chi connectivity index (χ4n) is 1.32. The summed E-state index contributed by atoms with van der Waals surface area (Å²) in [6.45, 7) is 2.83. The lowest BCUT2D eigenvalue weighted by atomic mass is 10.5. The lowest BCUT2D eigenvalue weighted by Gasteiger charge is -2.07. The number of halogens is 1. The van der Waals surface area contributed by atoms with E-state index >= 15 is 0 Å². The van der Waals surface area contributed by atoms with Crippen LogP contribution in [0.25, 0.3) is 5.82 Å². The zero-order chi connectivity index (χ0) is 12.3. The second-order valence-electron chi connectivity index (χ2n) is 3.23. The predicted octanol–water partition coefficient (Wildman–Crippen LogP) is 2.47. The summed E-state index contributed by atoms with van der Waals surface area (Å²) in [7, 11) is 0. The van der Waals surface area contributed by atoms with Crippen LogP contribution in [0.15, 0.2) is 23.6 Å². The molecule has 0 aliphatic rings. The number of hydrogen-bond donors (Lipinski definition) is 1. The summed E-state index contributed by atoms with van der Waals surface area (Å²) in [6, 6.07) is 1.84. The van der Waals surface area contributed by atoms with Crippen molar-refractivity contribution >= 4 is 29.2 Å². The van der Waals surface area contributed by atoms with Gasteiger partial charge < -0.3 is 5.32 Å². The third kappa shape index (κ3) is 2.89. The highest BCUT2D eigenvalue weighted by Gasteiger charge is 2.06. The van der Waals surface area contributed by atoms with Crippen molar-refractivity contribution in [3.05, 3.63) is 23.5 Å². The molecule has 5 nitrogen and oxygen atoms in total. The molecule has 0 radical (unpaired) electrons. The number of nitrogens with one attached hydrogen (secondary N) is 1. The third-order valence-electron chi connectivity index (χ3n) is 2.02. The minimum atomic E-state index is 0.583. The van der Waals surface area contributed by atoms with E-state index in [0.29, 0.717) is 16.0 Å². The van der Waals surface area contributed by atoms with Crippen molar-refractivity contribution in [3.8, 4) is 5.82 Å². The molecule has 2 aromatic heterocycles. The van der Waals surface area contributed by atoms with Crippen LogP contribution in [0.4, 0.5) is 5.82 Å². The highest BCUT2D eigenvalue weighted by Crippen LogP contribution is 2.17. The molecule has 2 rings (SSSR count). The van der Waals surface area contributed by atoms with E-state index in [-0.39, 0.29) is 0 Å². The molecule has 7 heteroatoms. The molecule has 0 aromatic carbocycles. The summed E-state index contributed by atoms with van der Waals surface area (Å²) in [5.41, 5.74) is 0. The smallest absolute Gasteiger partial charge is 0.191 e. The van der Waals surface area contributed by atoms with Crippen LogP contribution >= 0.6 is 23.4 Å². The SMILES string of the molecule is CCNc1cc(-n2cc(Cl)cn2)nc(SC)n1. The summed E-state index contributed by atoms with van der Waals surface area (Å²) in [5, 5.41) is 8.56. The first-order chi connectivity index (χ1) is 8.22. The van der Waals surface area contributed by atoms with Crippen molar-refractivity contribution < 1.29 is 0 Å². The molecule has 0 spiro atoms. The Kier molecular flexibility index (Phi) is 3.86. The maximum Gasteiger partial charge on any atom is 0.191 e. The molecule has 0 aliphatic heterocycles. The molecule has 0 unspecified atom stereocenters. The Morgan fingerprint density at radius 2 is 2.29 bits per heavy atom. The molecule has 90 valence electrons. The van der Waals surface area contributed by atoms with Gasteiger partial charge in [-0.15, -0.1) is 0 Å².